The zero-order valence-corrected chi connectivity index (χ0v) is 31.2. The Hall–Kier alpha value is -3.21. The van der Waals surface area contributed by atoms with Gasteiger partial charge in [-0.2, -0.15) is 0 Å². The van der Waals surface area contributed by atoms with Gasteiger partial charge in [0.15, 0.2) is 12.1 Å². The number of carbonyl (C=O) groups is 1. The number of allylic oxidation sites excluding steroid dienone is 3. The van der Waals surface area contributed by atoms with Crippen LogP contribution in [0.5, 0.6) is 5.88 Å². The molecule has 11 nitrogen and oxygen atoms in total. The van der Waals surface area contributed by atoms with Gasteiger partial charge in [-0.05, 0) is 69.7 Å². The monoisotopic (exact) mass is 838 g/mol. The van der Waals surface area contributed by atoms with Gasteiger partial charge >= 0.3 is 5.97 Å². The lowest BCUT2D eigenvalue weighted by Crippen LogP contribution is -2.48. The Balaban J connectivity index is 1.20. The van der Waals surface area contributed by atoms with Crippen LogP contribution in [-0.4, -0.2) is 70.1 Å². The van der Waals surface area contributed by atoms with Gasteiger partial charge in [0.05, 0.1) is 45.1 Å². The van der Waals surface area contributed by atoms with Crippen LogP contribution in [0.1, 0.15) is 27.2 Å². The molecule has 49 heavy (non-hydrogen) atoms. The van der Waals surface area contributed by atoms with Gasteiger partial charge in [-0.3, -0.25) is 13.7 Å². The van der Waals surface area contributed by atoms with Crippen LogP contribution in [0.15, 0.2) is 90.3 Å². The summed E-state index contributed by atoms with van der Waals surface area (Å²) in [6, 6.07) is 10.8. The number of alkyl halides is 1. The van der Waals surface area contributed by atoms with E-state index in [1.807, 2.05) is 22.8 Å². The number of ether oxygens (including phenoxy) is 4. The molecule has 3 heterocycles. The Kier molecular flexibility index (Phi) is 10.3. The number of esters is 1. The lowest BCUT2D eigenvalue weighted by Gasteiger charge is -2.38. The Morgan fingerprint density at radius 2 is 1.80 bits per heavy atom. The molecule has 1 aliphatic carbocycles. The van der Waals surface area contributed by atoms with Crippen LogP contribution in [0.3, 0.4) is 0 Å². The van der Waals surface area contributed by atoms with E-state index in [9.17, 15) is 13.2 Å². The maximum Gasteiger partial charge on any atom is 0.327 e. The molecule has 0 spiro atoms. The summed E-state index contributed by atoms with van der Waals surface area (Å²) in [5, 5.41) is 0.971. The molecule has 0 radical (unpaired) electrons. The molecular weight excluding hydrogens is 806 g/mol. The number of fused-ring (bicyclic) bond motifs is 1. The van der Waals surface area contributed by atoms with Crippen molar-refractivity contribution in [2.45, 2.75) is 53.5 Å². The molecule has 2 aromatic heterocycles. The van der Waals surface area contributed by atoms with E-state index in [0.29, 0.717) is 30.3 Å². The summed E-state index contributed by atoms with van der Waals surface area (Å²) in [4.78, 5) is 21.8. The fourth-order valence-corrected chi connectivity index (χ4v) is 8.33. The van der Waals surface area contributed by atoms with Crippen molar-refractivity contribution in [1.29, 1.82) is 0 Å². The number of rotatable bonds is 9. The average molecular weight is 840 g/mol. The Bertz CT molecular complexity index is 2000. The van der Waals surface area contributed by atoms with Crippen molar-refractivity contribution in [2.24, 2.45) is 0 Å². The summed E-state index contributed by atoms with van der Waals surface area (Å²) < 4.78 is 53.8. The third-order valence-corrected chi connectivity index (χ3v) is 11.0. The molecule has 1 unspecified atom stereocenters. The van der Waals surface area contributed by atoms with E-state index in [1.165, 1.54) is 24.4 Å². The zero-order chi connectivity index (χ0) is 35.0. The number of nitrogens with zero attached hydrogens (tertiary/aromatic N) is 4. The van der Waals surface area contributed by atoms with E-state index in [1.54, 1.807) is 51.4 Å². The summed E-state index contributed by atoms with van der Waals surface area (Å²) in [7, 11) is -4.30. The van der Waals surface area contributed by atoms with Gasteiger partial charge in [0.1, 0.15) is 18.2 Å². The molecule has 0 saturated carbocycles. The number of sulfonamides is 1. The van der Waals surface area contributed by atoms with Gasteiger partial charge in [0, 0.05) is 21.6 Å². The normalized spacial score (nSPS) is 21.1. The molecule has 6 rings (SSSR count). The fourth-order valence-electron chi connectivity index (χ4n) is 5.38. The first-order chi connectivity index (χ1) is 23.2. The minimum absolute atomic E-state index is 0.140. The summed E-state index contributed by atoms with van der Waals surface area (Å²) in [5.41, 5.74) is 0.149. The van der Waals surface area contributed by atoms with Gasteiger partial charge in [-0.15, -0.1) is 0 Å². The van der Waals surface area contributed by atoms with Gasteiger partial charge in [0.2, 0.25) is 5.88 Å². The van der Waals surface area contributed by atoms with Crippen molar-refractivity contribution >= 4 is 78.4 Å². The minimum Gasteiger partial charge on any atom is -0.468 e. The molecule has 4 aromatic rings. The quantitative estimate of drug-likeness (QED) is 0.0990. The second-order valence-electron chi connectivity index (χ2n) is 12.5. The van der Waals surface area contributed by atoms with Gasteiger partial charge in [-0.1, -0.05) is 70.1 Å². The van der Waals surface area contributed by atoms with E-state index in [-0.39, 0.29) is 36.4 Å². The molecule has 15 heteroatoms. The van der Waals surface area contributed by atoms with Crippen LogP contribution in [0, 0.1) is 0 Å². The first-order valence-electron chi connectivity index (χ1n) is 15.3. The standard InChI is InChI=1S/C34H33Cl2IN4O7S/c1-33(2,3)48-31(42)19-41(49(43,44)27-15-23(35)14-24(36)16-27)25-7-8-28-22(13-25)9-12-40(28)29-17-39-30(18-38-29)47-26-20-45-32(46-21-26)34(37)10-5-4-6-11-34/h4-10,12-18,26,32H,11,19-21H2,1-3H3/t26-,32-,34?. The number of hydrogen-bond acceptors (Lipinski definition) is 9. The molecule has 1 saturated heterocycles. The molecule has 0 bridgehead atoms. The largest absolute Gasteiger partial charge is 0.468 e. The highest BCUT2D eigenvalue weighted by molar-refractivity contribution is 14.1. The van der Waals surface area contributed by atoms with Crippen LogP contribution in [0.4, 0.5) is 5.69 Å². The molecular formula is C34H33Cl2IN4O7S. The van der Waals surface area contributed by atoms with Crippen LogP contribution in [0.2, 0.25) is 10.0 Å². The predicted molar refractivity (Wildman–Crippen MR) is 195 cm³/mol. The zero-order valence-electron chi connectivity index (χ0n) is 26.8. The molecule has 1 atom stereocenters. The second kappa shape index (κ2) is 14.2. The maximum absolute atomic E-state index is 13.9. The van der Waals surface area contributed by atoms with E-state index in [0.717, 1.165) is 16.2 Å². The van der Waals surface area contributed by atoms with Crippen LogP contribution in [-0.2, 0) is 29.0 Å². The number of aromatic nitrogens is 3. The molecule has 258 valence electrons. The number of carbonyl (C=O) groups excluding carboxylic acids is 1. The van der Waals surface area contributed by atoms with Crippen molar-refractivity contribution in [3.05, 3.63) is 95.4 Å². The lowest BCUT2D eigenvalue weighted by molar-refractivity contribution is -0.217. The highest BCUT2D eigenvalue weighted by Crippen LogP contribution is 2.36. The topological polar surface area (TPSA) is 122 Å². The number of halogens is 3. The first kappa shape index (κ1) is 35.6. The Labute approximate surface area is 308 Å². The van der Waals surface area contributed by atoms with Crippen LogP contribution < -0.4 is 9.04 Å². The Morgan fingerprint density at radius 3 is 2.43 bits per heavy atom. The van der Waals surface area contributed by atoms with Crippen molar-refractivity contribution < 1.29 is 32.2 Å². The molecule has 1 fully saturated rings. The van der Waals surface area contributed by atoms with Gasteiger partial charge < -0.3 is 18.9 Å². The third kappa shape index (κ3) is 8.24. The van der Waals surface area contributed by atoms with Crippen molar-refractivity contribution in [3.8, 4) is 11.7 Å². The van der Waals surface area contributed by atoms with Gasteiger partial charge in [-0.25, -0.2) is 18.4 Å². The van der Waals surface area contributed by atoms with E-state index in [4.69, 9.17) is 42.1 Å². The molecule has 1 aliphatic heterocycles. The smallest absolute Gasteiger partial charge is 0.327 e. The second-order valence-corrected chi connectivity index (χ2v) is 17.2. The summed E-state index contributed by atoms with van der Waals surface area (Å²) in [6.45, 7) is 5.25. The maximum atomic E-state index is 13.9. The predicted octanol–water partition coefficient (Wildman–Crippen LogP) is 7.07. The summed E-state index contributed by atoms with van der Waals surface area (Å²) >= 11 is 14.6. The van der Waals surface area contributed by atoms with E-state index < -0.39 is 28.1 Å². The minimum atomic E-state index is -4.30. The molecule has 2 aromatic carbocycles. The molecule has 0 N–H and O–H groups in total. The summed E-state index contributed by atoms with van der Waals surface area (Å²) in [6.07, 6.45) is 13.2. The highest BCUT2D eigenvalue weighted by Gasteiger charge is 2.39. The number of hydrogen-bond donors (Lipinski definition) is 0. The lowest BCUT2D eigenvalue weighted by atomic mass is 10.00. The first-order valence-corrected chi connectivity index (χ1v) is 18.6. The Morgan fingerprint density at radius 1 is 1.06 bits per heavy atom. The van der Waals surface area contributed by atoms with Crippen molar-refractivity contribution in [1.82, 2.24) is 14.5 Å². The van der Waals surface area contributed by atoms with Crippen LogP contribution in [0.25, 0.3) is 16.7 Å². The highest BCUT2D eigenvalue weighted by atomic mass is 127. The van der Waals surface area contributed by atoms with E-state index >= 15 is 0 Å². The third-order valence-electron chi connectivity index (χ3n) is 7.54. The average Bonchev–Trinajstić information content (AvgIpc) is 3.47. The van der Waals surface area contributed by atoms with Gasteiger partial charge in [0.25, 0.3) is 10.0 Å². The number of benzene rings is 2. The molecule has 2 aliphatic rings. The SMILES string of the molecule is CC(C)(C)OC(=O)CN(c1ccc2c(ccn2-c2cnc(O[C@H]3CO[C@H](C4(I)C=CC=CC4)OC3)cn2)c1)S(=O)(=O)c1cc(Cl)cc(Cl)c1. The van der Waals surface area contributed by atoms with E-state index in [2.05, 4.69) is 44.7 Å². The fraction of sp³-hybridized carbons (Fsp3) is 0.324. The number of anilines is 1. The molecule has 0 amide bonds. The van der Waals surface area contributed by atoms with Crippen LogP contribution >= 0.6 is 45.8 Å². The van der Waals surface area contributed by atoms with Crippen molar-refractivity contribution in [3.63, 3.8) is 0 Å². The van der Waals surface area contributed by atoms with Crippen molar-refractivity contribution in [2.75, 3.05) is 24.1 Å². The summed E-state index contributed by atoms with van der Waals surface area (Å²) in [5.74, 6) is 0.118.